The van der Waals surface area contributed by atoms with Crippen molar-refractivity contribution in [1.29, 1.82) is 0 Å². The Balaban J connectivity index is 1.36. The molecule has 3 N–H and O–H groups in total. The smallest absolute Gasteiger partial charge is 0.195 e. The van der Waals surface area contributed by atoms with Gasteiger partial charge < -0.3 is 20.5 Å². The Morgan fingerprint density at radius 2 is 1.66 bits per heavy atom. The molecule has 1 fully saturated rings. The van der Waals surface area contributed by atoms with Gasteiger partial charge in [-0.2, -0.15) is 0 Å². The first-order valence-electron chi connectivity index (χ1n) is 9.79. The fourth-order valence-corrected chi connectivity index (χ4v) is 3.56. The highest BCUT2D eigenvalue weighted by Crippen LogP contribution is 2.36. The van der Waals surface area contributed by atoms with Crippen molar-refractivity contribution < 1.29 is 18.4 Å². The van der Waals surface area contributed by atoms with Gasteiger partial charge in [0.1, 0.15) is 12.4 Å². The number of hydrogen-bond donors (Lipinski definition) is 2. The maximum Gasteiger partial charge on any atom is 0.195 e. The molecule has 0 radical (unpaired) electrons. The number of nitrogens with zero attached hydrogens (tertiary/aromatic N) is 1. The first kappa shape index (κ1) is 19.4. The van der Waals surface area contributed by atoms with Crippen LogP contribution in [0.5, 0.6) is 0 Å². The molecule has 0 saturated carbocycles. The van der Waals surface area contributed by atoms with E-state index in [4.69, 9.17) is 15.2 Å². The van der Waals surface area contributed by atoms with Gasteiger partial charge in [-0.1, -0.05) is 24.3 Å². The number of ether oxygens (including phenoxy) is 2. The zero-order chi connectivity index (χ0) is 20.1. The van der Waals surface area contributed by atoms with Crippen LogP contribution in [0.1, 0.15) is 18.4 Å². The van der Waals surface area contributed by atoms with Gasteiger partial charge in [0.2, 0.25) is 0 Å². The number of pyridine rings is 1. The van der Waals surface area contributed by atoms with E-state index >= 15 is 0 Å². The van der Waals surface area contributed by atoms with Crippen molar-refractivity contribution in [2.75, 3.05) is 24.3 Å². The number of halogens is 1. The summed E-state index contributed by atoms with van der Waals surface area (Å²) in [5.41, 5.74) is 9.42. The second kappa shape index (κ2) is 8.59. The number of rotatable bonds is 7. The molecule has 1 saturated heterocycles. The van der Waals surface area contributed by atoms with Crippen molar-refractivity contribution in [2.24, 2.45) is 0 Å². The minimum atomic E-state index is -0.777. The van der Waals surface area contributed by atoms with Crippen LogP contribution in [-0.4, -0.2) is 13.2 Å². The molecular weight excluding hydrogens is 369 g/mol. The summed E-state index contributed by atoms with van der Waals surface area (Å²) in [5.74, 6) is -1.04. The third kappa shape index (κ3) is 4.55. The molecule has 0 atom stereocenters. The van der Waals surface area contributed by atoms with E-state index in [0.29, 0.717) is 25.3 Å². The number of anilines is 3. The third-order valence-corrected chi connectivity index (χ3v) is 5.09. The van der Waals surface area contributed by atoms with E-state index in [-0.39, 0.29) is 5.82 Å². The van der Waals surface area contributed by atoms with Gasteiger partial charge in [-0.05, 0) is 24.3 Å². The molecule has 150 valence electrons. The number of aromatic nitrogens is 1. The highest BCUT2D eigenvalue weighted by molar-refractivity contribution is 5.71. The van der Waals surface area contributed by atoms with E-state index in [2.05, 4.69) is 9.88 Å². The molecule has 0 bridgehead atoms. The van der Waals surface area contributed by atoms with Crippen molar-refractivity contribution in [3.63, 3.8) is 0 Å². The van der Waals surface area contributed by atoms with Crippen LogP contribution < -0.4 is 15.6 Å². The van der Waals surface area contributed by atoms with E-state index < -0.39 is 5.79 Å². The minimum Gasteiger partial charge on any atom is -0.397 e. The zero-order valence-electron chi connectivity index (χ0n) is 16.2. The summed E-state index contributed by atoms with van der Waals surface area (Å²) in [6.45, 7) is 1.92. The molecule has 4 rings (SSSR count). The maximum absolute atomic E-state index is 13.3. The van der Waals surface area contributed by atoms with Gasteiger partial charge in [-0.15, -0.1) is 0 Å². The molecule has 1 aromatic heterocycles. The fourth-order valence-electron chi connectivity index (χ4n) is 3.56. The molecular formula is C23H25FN3O2+. The summed E-state index contributed by atoms with van der Waals surface area (Å²) in [5, 5.41) is 3.32. The van der Waals surface area contributed by atoms with Crippen LogP contribution in [0.15, 0.2) is 73.1 Å². The molecule has 1 aliphatic heterocycles. The molecule has 6 heteroatoms. The largest absolute Gasteiger partial charge is 0.397 e. The van der Waals surface area contributed by atoms with E-state index in [1.807, 2.05) is 48.8 Å². The van der Waals surface area contributed by atoms with E-state index in [1.54, 1.807) is 12.1 Å². The Labute approximate surface area is 169 Å². The maximum atomic E-state index is 13.3. The normalized spacial score (nSPS) is 15.3. The molecule has 5 nitrogen and oxygen atoms in total. The van der Waals surface area contributed by atoms with Crippen LogP contribution in [0.3, 0.4) is 0 Å². The average Bonchev–Trinajstić information content (AvgIpc) is 3.21. The number of benzene rings is 2. The van der Waals surface area contributed by atoms with Gasteiger partial charge in [0.05, 0.1) is 30.3 Å². The molecule has 0 spiro atoms. The zero-order valence-corrected chi connectivity index (χ0v) is 16.2. The Bertz CT molecular complexity index is 939. The van der Waals surface area contributed by atoms with E-state index in [0.717, 1.165) is 29.9 Å². The van der Waals surface area contributed by atoms with Gasteiger partial charge in [0, 0.05) is 30.5 Å². The Kier molecular flexibility index (Phi) is 5.74. The monoisotopic (exact) mass is 394 g/mol. The van der Waals surface area contributed by atoms with Gasteiger partial charge in [0.25, 0.3) is 0 Å². The second-order valence-corrected chi connectivity index (χ2v) is 7.10. The number of nitrogens with two attached hydrogens (primary N) is 1. The molecule has 0 aliphatic carbocycles. The molecule has 2 heterocycles. The lowest BCUT2D eigenvalue weighted by molar-refractivity contribution is -0.697. The quantitative estimate of drug-likeness (QED) is 0.468. The van der Waals surface area contributed by atoms with E-state index in [1.165, 1.54) is 12.1 Å². The summed E-state index contributed by atoms with van der Waals surface area (Å²) in [7, 11) is 0. The number of aryl methyl sites for hydroxylation is 1. The summed E-state index contributed by atoms with van der Waals surface area (Å²) >= 11 is 0. The van der Waals surface area contributed by atoms with E-state index in [9.17, 15) is 4.39 Å². The SMILES string of the molecule is Nc1ccccc1Nc1cc[n+](CCCC2(c3ccc(F)cc3)OCCO2)cc1. The summed E-state index contributed by atoms with van der Waals surface area (Å²) in [6, 6.07) is 18.1. The third-order valence-electron chi connectivity index (χ3n) is 5.09. The Morgan fingerprint density at radius 1 is 0.966 bits per heavy atom. The lowest BCUT2D eigenvalue weighted by atomic mass is 10.0. The summed E-state index contributed by atoms with van der Waals surface area (Å²) < 4.78 is 27.2. The van der Waals surface area contributed by atoms with Crippen molar-refractivity contribution in [1.82, 2.24) is 0 Å². The predicted octanol–water partition coefficient (Wildman–Crippen LogP) is 4.12. The molecule has 3 aromatic rings. The number of hydrogen-bond acceptors (Lipinski definition) is 4. The van der Waals surface area contributed by atoms with Gasteiger partial charge >= 0.3 is 0 Å². The highest BCUT2D eigenvalue weighted by atomic mass is 19.1. The molecule has 0 amide bonds. The van der Waals surface area contributed by atoms with Crippen LogP contribution >= 0.6 is 0 Å². The van der Waals surface area contributed by atoms with Crippen LogP contribution in [0, 0.1) is 5.82 Å². The van der Waals surface area contributed by atoms with Crippen LogP contribution in [0.4, 0.5) is 21.5 Å². The second-order valence-electron chi connectivity index (χ2n) is 7.10. The van der Waals surface area contributed by atoms with Crippen LogP contribution in [-0.2, 0) is 21.8 Å². The van der Waals surface area contributed by atoms with Crippen molar-refractivity contribution in [2.45, 2.75) is 25.2 Å². The Morgan fingerprint density at radius 3 is 2.34 bits per heavy atom. The summed E-state index contributed by atoms with van der Waals surface area (Å²) in [6.07, 6.45) is 5.62. The first-order chi connectivity index (χ1) is 14.1. The fraction of sp³-hybridized carbons (Fsp3) is 0.261. The van der Waals surface area contributed by atoms with Gasteiger partial charge in [0.15, 0.2) is 18.2 Å². The molecule has 1 aliphatic rings. The average molecular weight is 394 g/mol. The number of nitrogen functional groups attached to an aromatic ring is 1. The van der Waals surface area contributed by atoms with Crippen LogP contribution in [0.25, 0.3) is 0 Å². The van der Waals surface area contributed by atoms with Crippen molar-refractivity contribution in [3.8, 4) is 0 Å². The predicted molar refractivity (Wildman–Crippen MR) is 110 cm³/mol. The molecule has 29 heavy (non-hydrogen) atoms. The molecule has 0 unspecified atom stereocenters. The lowest BCUT2D eigenvalue weighted by Crippen LogP contribution is -2.35. The first-order valence-corrected chi connectivity index (χ1v) is 9.79. The lowest BCUT2D eigenvalue weighted by Gasteiger charge is -2.27. The van der Waals surface area contributed by atoms with Gasteiger partial charge in [-0.25, -0.2) is 8.96 Å². The van der Waals surface area contributed by atoms with Crippen molar-refractivity contribution >= 4 is 17.1 Å². The number of nitrogens with one attached hydrogen (secondary N) is 1. The molecule has 2 aromatic carbocycles. The standard InChI is InChI=1S/C23H24FN3O2/c24-19-8-6-18(7-9-19)23(28-16-17-29-23)12-3-13-27-14-10-20(11-15-27)26-22-5-2-1-4-21(22)25/h1-2,4-11,14-15H,3,12-13,16-17,25H2/p+1. The minimum absolute atomic E-state index is 0.261. The summed E-state index contributed by atoms with van der Waals surface area (Å²) in [4.78, 5) is 0. The highest BCUT2D eigenvalue weighted by Gasteiger charge is 2.38. The topological polar surface area (TPSA) is 60.4 Å². The Hall–Kier alpha value is -2.96. The van der Waals surface area contributed by atoms with Crippen LogP contribution in [0.2, 0.25) is 0 Å². The van der Waals surface area contributed by atoms with Gasteiger partial charge in [-0.3, -0.25) is 0 Å². The number of para-hydroxylation sites is 2. The van der Waals surface area contributed by atoms with Crippen molar-refractivity contribution in [3.05, 3.63) is 84.4 Å².